The van der Waals surface area contributed by atoms with E-state index in [9.17, 15) is 9.59 Å². The van der Waals surface area contributed by atoms with Gasteiger partial charge in [-0.05, 0) is 25.7 Å². The highest BCUT2D eigenvalue weighted by Crippen LogP contribution is 2.18. The molecule has 0 spiro atoms. The first-order valence-corrected chi connectivity index (χ1v) is 8.94. The number of ether oxygens (including phenoxy) is 3. The molecule has 0 amide bonds. The number of hydrogen-bond donors (Lipinski definition) is 0. The Hall–Kier alpha value is -1.10. The molecule has 5 heteroatoms. The van der Waals surface area contributed by atoms with Gasteiger partial charge in [0.05, 0.1) is 26.1 Å². The summed E-state index contributed by atoms with van der Waals surface area (Å²) in [5.41, 5.74) is 0. The Labute approximate surface area is 141 Å². The molecule has 0 aliphatic carbocycles. The zero-order valence-electron chi connectivity index (χ0n) is 15.1. The molecule has 0 saturated carbocycles. The second-order valence-electron chi connectivity index (χ2n) is 5.81. The summed E-state index contributed by atoms with van der Waals surface area (Å²) >= 11 is 0. The number of esters is 2. The topological polar surface area (TPSA) is 61.8 Å². The lowest BCUT2D eigenvalue weighted by atomic mass is 9.95. The monoisotopic (exact) mass is 330 g/mol. The quantitative estimate of drug-likeness (QED) is 0.337. The summed E-state index contributed by atoms with van der Waals surface area (Å²) in [6.07, 6.45) is 8.21. The van der Waals surface area contributed by atoms with Crippen molar-refractivity contribution in [1.82, 2.24) is 0 Å². The molecular weight excluding hydrogens is 296 g/mol. The molecule has 0 radical (unpaired) electrons. The number of unbranched alkanes of at least 4 members (excludes halogenated alkanes) is 3. The van der Waals surface area contributed by atoms with Crippen LogP contribution in [-0.2, 0) is 23.8 Å². The highest BCUT2D eigenvalue weighted by molar-refractivity contribution is 5.77. The summed E-state index contributed by atoms with van der Waals surface area (Å²) in [6, 6.07) is 0. The molecule has 0 rings (SSSR count). The summed E-state index contributed by atoms with van der Waals surface area (Å²) in [5, 5.41) is 0. The molecule has 0 aromatic carbocycles. The van der Waals surface area contributed by atoms with Crippen LogP contribution in [0.25, 0.3) is 0 Å². The molecule has 0 N–H and O–H groups in total. The number of rotatable bonds is 15. The molecule has 5 nitrogen and oxygen atoms in total. The van der Waals surface area contributed by atoms with Crippen LogP contribution in [0.1, 0.15) is 71.6 Å². The van der Waals surface area contributed by atoms with Crippen LogP contribution in [0.5, 0.6) is 0 Å². The van der Waals surface area contributed by atoms with E-state index in [4.69, 9.17) is 14.2 Å². The first-order valence-electron chi connectivity index (χ1n) is 8.94. The standard InChI is InChI=1S/C18H34O5/c1-4-6-7-8-9-16(12-14-21-3)13-15-23-18(20)11-10-17(19)22-5-2/h16H,4-15H2,1-3H3. The van der Waals surface area contributed by atoms with Crippen LogP contribution >= 0.6 is 0 Å². The Morgan fingerprint density at radius 3 is 2.09 bits per heavy atom. The summed E-state index contributed by atoms with van der Waals surface area (Å²) in [6.45, 7) is 5.46. The third-order valence-corrected chi connectivity index (χ3v) is 3.82. The molecule has 0 saturated heterocycles. The van der Waals surface area contributed by atoms with Gasteiger partial charge in [0, 0.05) is 13.7 Å². The van der Waals surface area contributed by atoms with Crippen molar-refractivity contribution in [3.63, 3.8) is 0 Å². The Kier molecular flexibility index (Phi) is 15.0. The predicted octanol–water partition coefficient (Wildman–Crippen LogP) is 3.89. The molecule has 23 heavy (non-hydrogen) atoms. The van der Waals surface area contributed by atoms with E-state index in [2.05, 4.69) is 6.92 Å². The van der Waals surface area contributed by atoms with E-state index >= 15 is 0 Å². The van der Waals surface area contributed by atoms with Gasteiger partial charge in [0.2, 0.25) is 0 Å². The van der Waals surface area contributed by atoms with E-state index in [1.165, 1.54) is 25.7 Å². The Morgan fingerprint density at radius 2 is 1.48 bits per heavy atom. The van der Waals surface area contributed by atoms with Crippen LogP contribution in [0.4, 0.5) is 0 Å². The lowest BCUT2D eigenvalue weighted by Gasteiger charge is -2.16. The molecule has 136 valence electrons. The van der Waals surface area contributed by atoms with Gasteiger partial charge in [-0.1, -0.05) is 39.0 Å². The fourth-order valence-corrected chi connectivity index (χ4v) is 2.43. The minimum atomic E-state index is -0.349. The van der Waals surface area contributed by atoms with E-state index in [0.717, 1.165) is 25.9 Å². The molecule has 1 atom stereocenters. The summed E-state index contributed by atoms with van der Waals surface area (Å²) in [4.78, 5) is 22.8. The van der Waals surface area contributed by atoms with Crippen LogP contribution in [0.2, 0.25) is 0 Å². The molecule has 0 bridgehead atoms. The summed E-state index contributed by atoms with van der Waals surface area (Å²) < 4.78 is 15.2. The second-order valence-corrected chi connectivity index (χ2v) is 5.81. The van der Waals surface area contributed by atoms with Crippen molar-refractivity contribution in [3.8, 4) is 0 Å². The Morgan fingerprint density at radius 1 is 0.826 bits per heavy atom. The maximum Gasteiger partial charge on any atom is 0.306 e. The van der Waals surface area contributed by atoms with E-state index < -0.39 is 0 Å². The van der Waals surface area contributed by atoms with E-state index in [1.54, 1.807) is 14.0 Å². The smallest absolute Gasteiger partial charge is 0.306 e. The molecule has 1 unspecified atom stereocenters. The normalized spacial score (nSPS) is 12.0. The zero-order chi connectivity index (χ0) is 17.3. The zero-order valence-corrected chi connectivity index (χ0v) is 15.1. The lowest BCUT2D eigenvalue weighted by molar-refractivity contribution is -0.150. The lowest BCUT2D eigenvalue weighted by Crippen LogP contribution is -2.13. The van der Waals surface area contributed by atoms with Gasteiger partial charge in [-0.15, -0.1) is 0 Å². The number of carbonyl (C=O) groups excluding carboxylic acids is 2. The van der Waals surface area contributed by atoms with Crippen molar-refractivity contribution >= 4 is 11.9 Å². The van der Waals surface area contributed by atoms with Crippen LogP contribution in [-0.4, -0.2) is 38.9 Å². The van der Waals surface area contributed by atoms with Gasteiger partial charge in [0.1, 0.15) is 0 Å². The first kappa shape index (κ1) is 21.9. The predicted molar refractivity (Wildman–Crippen MR) is 90.2 cm³/mol. The minimum Gasteiger partial charge on any atom is -0.466 e. The first-order chi connectivity index (χ1) is 11.1. The second kappa shape index (κ2) is 15.8. The highest BCUT2D eigenvalue weighted by atomic mass is 16.5. The number of hydrogen-bond acceptors (Lipinski definition) is 5. The Balaban J connectivity index is 3.85. The third kappa shape index (κ3) is 14.2. The van der Waals surface area contributed by atoms with Gasteiger partial charge in [-0.3, -0.25) is 9.59 Å². The van der Waals surface area contributed by atoms with Crippen LogP contribution in [0, 0.1) is 5.92 Å². The number of methoxy groups -OCH3 is 1. The van der Waals surface area contributed by atoms with Gasteiger partial charge >= 0.3 is 11.9 Å². The van der Waals surface area contributed by atoms with Crippen molar-refractivity contribution < 1.29 is 23.8 Å². The molecule has 0 aromatic heterocycles. The van der Waals surface area contributed by atoms with Crippen molar-refractivity contribution in [2.75, 3.05) is 26.9 Å². The average molecular weight is 330 g/mol. The van der Waals surface area contributed by atoms with Crippen LogP contribution < -0.4 is 0 Å². The maximum absolute atomic E-state index is 11.6. The molecule has 0 heterocycles. The van der Waals surface area contributed by atoms with Gasteiger partial charge in [-0.25, -0.2) is 0 Å². The molecular formula is C18H34O5. The van der Waals surface area contributed by atoms with Crippen LogP contribution in [0.15, 0.2) is 0 Å². The van der Waals surface area contributed by atoms with Gasteiger partial charge < -0.3 is 14.2 Å². The van der Waals surface area contributed by atoms with E-state index in [0.29, 0.717) is 19.1 Å². The van der Waals surface area contributed by atoms with Crippen LogP contribution in [0.3, 0.4) is 0 Å². The van der Waals surface area contributed by atoms with Crippen molar-refractivity contribution in [2.24, 2.45) is 5.92 Å². The van der Waals surface area contributed by atoms with Crippen molar-refractivity contribution in [3.05, 3.63) is 0 Å². The summed E-state index contributed by atoms with van der Waals surface area (Å²) in [7, 11) is 1.71. The van der Waals surface area contributed by atoms with E-state index in [-0.39, 0.29) is 24.8 Å². The molecule has 0 fully saturated rings. The van der Waals surface area contributed by atoms with E-state index in [1.807, 2.05) is 0 Å². The van der Waals surface area contributed by atoms with Gasteiger partial charge in [0.25, 0.3) is 0 Å². The average Bonchev–Trinajstić information content (AvgIpc) is 2.54. The summed E-state index contributed by atoms with van der Waals surface area (Å²) in [5.74, 6) is -0.141. The maximum atomic E-state index is 11.6. The van der Waals surface area contributed by atoms with Crippen molar-refractivity contribution in [1.29, 1.82) is 0 Å². The van der Waals surface area contributed by atoms with Gasteiger partial charge in [-0.2, -0.15) is 0 Å². The third-order valence-electron chi connectivity index (χ3n) is 3.82. The van der Waals surface area contributed by atoms with Crippen molar-refractivity contribution in [2.45, 2.75) is 71.6 Å². The fraction of sp³-hybridized carbons (Fsp3) is 0.889. The molecule has 0 aromatic rings. The van der Waals surface area contributed by atoms with Gasteiger partial charge in [0.15, 0.2) is 0 Å². The number of carbonyl (C=O) groups is 2. The SMILES string of the molecule is CCCCCCC(CCOC)CCOC(=O)CCC(=O)OCC. The fourth-order valence-electron chi connectivity index (χ4n) is 2.43. The largest absolute Gasteiger partial charge is 0.466 e. The molecule has 0 aliphatic rings. The highest BCUT2D eigenvalue weighted by Gasteiger charge is 2.12. The molecule has 0 aliphatic heterocycles. The minimum absolute atomic E-state index is 0.0940. The Bertz CT molecular complexity index is 304.